The number of carbonyl (C=O) groups excluding carboxylic acids is 1. The van der Waals surface area contributed by atoms with Crippen LogP contribution in [0.15, 0.2) is 28.9 Å². The van der Waals surface area contributed by atoms with Gasteiger partial charge in [0.25, 0.3) is 0 Å². The third-order valence-corrected chi connectivity index (χ3v) is 3.91. The summed E-state index contributed by atoms with van der Waals surface area (Å²) in [5.74, 6) is 0.518. The van der Waals surface area contributed by atoms with E-state index in [1.54, 1.807) is 6.26 Å². The third kappa shape index (κ3) is 4.56. The van der Waals surface area contributed by atoms with Gasteiger partial charge in [0.1, 0.15) is 6.26 Å². The lowest BCUT2D eigenvalue weighted by Crippen LogP contribution is -2.40. The normalized spacial score (nSPS) is 13.1. The van der Waals surface area contributed by atoms with Gasteiger partial charge in [0.15, 0.2) is 0 Å². The maximum Gasteiger partial charge on any atom is 0.241 e. The molecular weight excluding hydrogens is 314 g/mol. The van der Waals surface area contributed by atoms with E-state index in [2.05, 4.69) is 10.3 Å². The molecule has 0 aliphatic heterocycles. The molecule has 2 unspecified atom stereocenters. The lowest BCUT2D eigenvalue weighted by molar-refractivity contribution is -0.118. The number of amides is 1. The van der Waals surface area contributed by atoms with Crippen molar-refractivity contribution in [3.05, 3.63) is 35.7 Å². The molecule has 0 bridgehead atoms. The van der Waals surface area contributed by atoms with Crippen LogP contribution in [-0.4, -0.2) is 16.9 Å². The molecule has 0 spiro atoms. The molecule has 5 nitrogen and oxygen atoms in total. The minimum absolute atomic E-state index is 0. The SMILES string of the molecule is CCC(C)C(N)C(=O)Nc1ccc(C)c(-c2nc(C)co2)c1.Cl. The highest BCUT2D eigenvalue weighted by atomic mass is 35.5. The van der Waals surface area contributed by atoms with E-state index in [1.807, 2.05) is 45.9 Å². The first-order valence-corrected chi connectivity index (χ1v) is 7.52. The van der Waals surface area contributed by atoms with E-state index >= 15 is 0 Å². The van der Waals surface area contributed by atoms with Crippen molar-refractivity contribution >= 4 is 24.0 Å². The molecule has 2 atom stereocenters. The Morgan fingerprint density at radius 3 is 2.65 bits per heavy atom. The van der Waals surface area contributed by atoms with Crippen LogP contribution in [0.5, 0.6) is 0 Å². The van der Waals surface area contributed by atoms with Crippen LogP contribution in [0.4, 0.5) is 5.69 Å². The van der Waals surface area contributed by atoms with Crippen LogP contribution in [0.1, 0.15) is 31.5 Å². The molecule has 3 N–H and O–H groups in total. The molecule has 1 aromatic carbocycles. The highest BCUT2D eigenvalue weighted by molar-refractivity contribution is 5.95. The van der Waals surface area contributed by atoms with Crippen molar-refractivity contribution in [1.29, 1.82) is 0 Å². The van der Waals surface area contributed by atoms with Crippen molar-refractivity contribution in [1.82, 2.24) is 4.98 Å². The molecule has 23 heavy (non-hydrogen) atoms. The number of carbonyl (C=O) groups is 1. The summed E-state index contributed by atoms with van der Waals surface area (Å²) >= 11 is 0. The molecule has 0 radical (unpaired) electrons. The summed E-state index contributed by atoms with van der Waals surface area (Å²) in [6, 6.07) is 5.13. The lowest BCUT2D eigenvalue weighted by Gasteiger charge is -2.18. The maximum absolute atomic E-state index is 12.2. The van der Waals surface area contributed by atoms with Gasteiger partial charge in [-0.1, -0.05) is 26.3 Å². The van der Waals surface area contributed by atoms with E-state index in [1.165, 1.54) is 0 Å². The second-order valence-corrected chi connectivity index (χ2v) is 5.72. The second kappa shape index (κ2) is 8.13. The van der Waals surface area contributed by atoms with Crippen LogP contribution in [-0.2, 0) is 4.79 Å². The van der Waals surface area contributed by atoms with Crippen molar-refractivity contribution in [2.75, 3.05) is 5.32 Å². The number of halogens is 1. The van der Waals surface area contributed by atoms with Crippen molar-refractivity contribution in [3.63, 3.8) is 0 Å². The van der Waals surface area contributed by atoms with E-state index in [0.29, 0.717) is 11.6 Å². The van der Waals surface area contributed by atoms with E-state index < -0.39 is 6.04 Å². The zero-order valence-corrected chi connectivity index (χ0v) is 14.7. The van der Waals surface area contributed by atoms with E-state index in [4.69, 9.17) is 10.2 Å². The topological polar surface area (TPSA) is 81.2 Å². The number of benzene rings is 1. The van der Waals surface area contributed by atoms with Crippen LogP contribution < -0.4 is 11.1 Å². The Hall–Kier alpha value is -1.85. The van der Waals surface area contributed by atoms with E-state index in [-0.39, 0.29) is 24.2 Å². The number of hydrogen-bond acceptors (Lipinski definition) is 4. The molecule has 0 fully saturated rings. The van der Waals surface area contributed by atoms with Crippen molar-refractivity contribution in [3.8, 4) is 11.5 Å². The Morgan fingerprint density at radius 1 is 1.39 bits per heavy atom. The molecule has 0 aliphatic rings. The summed E-state index contributed by atoms with van der Waals surface area (Å²) in [6.45, 7) is 7.84. The maximum atomic E-state index is 12.2. The molecule has 2 aromatic rings. The molecule has 0 saturated carbocycles. The highest BCUT2D eigenvalue weighted by Gasteiger charge is 2.20. The summed E-state index contributed by atoms with van der Waals surface area (Å²) in [6.07, 6.45) is 2.47. The summed E-state index contributed by atoms with van der Waals surface area (Å²) in [5, 5.41) is 2.87. The van der Waals surface area contributed by atoms with Gasteiger partial charge in [-0.15, -0.1) is 12.4 Å². The van der Waals surface area contributed by atoms with Crippen molar-refractivity contribution in [2.45, 2.75) is 40.2 Å². The number of aryl methyl sites for hydroxylation is 2. The summed E-state index contributed by atoms with van der Waals surface area (Å²) < 4.78 is 5.45. The first kappa shape index (κ1) is 19.2. The summed E-state index contributed by atoms with van der Waals surface area (Å²) in [4.78, 5) is 16.5. The third-order valence-electron chi connectivity index (χ3n) is 3.91. The fourth-order valence-corrected chi connectivity index (χ4v) is 2.15. The molecule has 1 amide bonds. The second-order valence-electron chi connectivity index (χ2n) is 5.72. The zero-order valence-electron chi connectivity index (χ0n) is 13.9. The fourth-order valence-electron chi connectivity index (χ4n) is 2.15. The average Bonchev–Trinajstić information content (AvgIpc) is 2.93. The number of rotatable bonds is 5. The Labute approximate surface area is 143 Å². The van der Waals surface area contributed by atoms with Crippen molar-refractivity contribution in [2.24, 2.45) is 11.7 Å². The Balaban J connectivity index is 0.00000264. The van der Waals surface area contributed by atoms with E-state index in [9.17, 15) is 4.79 Å². The van der Waals surface area contributed by atoms with E-state index in [0.717, 1.165) is 23.2 Å². The number of anilines is 1. The number of hydrogen-bond donors (Lipinski definition) is 2. The average molecular weight is 338 g/mol. The molecule has 1 aromatic heterocycles. The van der Waals surface area contributed by atoms with Gasteiger partial charge in [0.2, 0.25) is 11.8 Å². The number of nitrogens with zero attached hydrogens (tertiary/aromatic N) is 1. The van der Waals surface area contributed by atoms with Gasteiger partial charge in [-0.2, -0.15) is 0 Å². The molecule has 1 heterocycles. The fraction of sp³-hybridized carbons (Fsp3) is 0.412. The van der Waals surface area contributed by atoms with Gasteiger partial charge in [0, 0.05) is 11.3 Å². The predicted molar refractivity (Wildman–Crippen MR) is 94.7 cm³/mol. The molecule has 126 valence electrons. The predicted octanol–water partition coefficient (Wildman–Crippen LogP) is 3.69. The Morgan fingerprint density at radius 2 is 2.09 bits per heavy atom. The first-order valence-electron chi connectivity index (χ1n) is 7.52. The monoisotopic (exact) mass is 337 g/mol. The smallest absolute Gasteiger partial charge is 0.241 e. The van der Waals surface area contributed by atoms with Gasteiger partial charge in [0.05, 0.1) is 11.7 Å². The van der Waals surface area contributed by atoms with Crippen LogP contribution >= 0.6 is 12.4 Å². The first-order chi connectivity index (χ1) is 10.4. The number of nitrogens with one attached hydrogen (secondary N) is 1. The van der Waals surface area contributed by atoms with Gasteiger partial charge < -0.3 is 15.5 Å². The highest BCUT2D eigenvalue weighted by Crippen LogP contribution is 2.26. The van der Waals surface area contributed by atoms with Crippen molar-refractivity contribution < 1.29 is 9.21 Å². The summed E-state index contributed by atoms with van der Waals surface area (Å²) in [7, 11) is 0. The number of oxazole rings is 1. The quantitative estimate of drug-likeness (QED) is 0.871. The van der Waals surface area contributed by atoms with Crippen LogP contribution in [0.3, 0.4) is 0 Å². The minimum atomic E-state index is -0.515. The Bertz CT molecular complexity index is 670. The van der Waals surface area contributed by atoms with Crippen LogP contribution in [0, 0.1) is 19.8 Å². The molecule has 0 aliphatic carbocycles. The Kier molecular flexibility index (Phi) is 6.79. The molecule has 6 heteroatoms. The van der Waals surface area contributed by atoms with Gasteiger partial charge >= 0.3 is 0 Å². The van der Waals surface area contributed by atoms with Gasteiger partial charge in [-0.25, -0.2) is 4.98 Å². The standard InChI is InChI=1S/C17H23N3O2.ClH/c1-5-10(2)15(18)16(21)20-13-7-6-11(3)14(8-13)17-19-12(4)9-22-17;/h6-10,15H,5,18H2,1-4H3,(H,20,21);1H. The zero-order chi connectivity index (χ0) is 16.3. The lowest BCUT2D eigenvalue weighted by atomic mass is 9.99. The summed E-state index contributed by atoms with van der Waals surface area (Å²) in [5.41, 5.74) is 9.37. The van der Waals surface area contributed by atoms with Crippen LogP contribution in [0.2, 0.25) is 0 Å². The largest absolute Gasteiger partial charge is 0.444 e. The number of nitrogens with two attached hydrogens (primary N) is 1. The molecule has 2 rings (SSSR count). The van der Waals surface area contributed by atoms with Gasteiger partial charge in [-0.05, 0) is 37.5 Å². The van der Waals surface area contributed by atoms with Crippen LogP contribution in [0.25, 0.3) is 11.5 Å². The molecule has 0 saturated heterocycles. The number of aromatic nitrogens is 1. The van der Waals surface area contributed by atoms with Gasteiger partial charge in [-0.3, -0.25) is 4.79 Å². The molecular formula is C17H24ClN3O2. The minimum Gasteiger partial charge on any atom is -0.444 e.